The van der Waals surface area contributed by atoms with Crippen LogP contribution in [-0.4, -0.2) is 104 Å². The smallest absolute Gasteiger partial charge is 0.462 e. The van der Waals surface area contributed by atoms with Crippen molar-refractivity contribution in [3.63, 3.8) is 0 Å². The summed E-state index contributed by atoms with van der Waals surface area (Å²) in [7, 11) is -9.79. The molecule has 18 heteroatoms. The molecular formula is C37H68O16P2. The highest BCUT2D eigenvalue weighted by molar-refractivity contribution is 7.47. The van der Waals surface area contributed by atoms with Crippen molar-refractivity contribution in [3.8, 4) is 0 Å². The van der Waals surface area contributed by atoms with Gasteiger partial charge in [0, 0.05) is 18.8 Å². The SMILES string of the molecule is CCCCC[C@@H](O)/C=C/[C@@H]1[C@H](C/C=C\CC(=O)O[C@H](COC(=O)CCCCCCCCC(C)CC)COP(=O)(O)OC[C@@H](O)COP(=O)(O)O)[C@@H](O)C[C@H]1O. The van der Waals surface area contributed by atoms with Crippen LogP contribution in [0.2, 0.25) is 0 Å². The molecule has 0 aromatic heterocycles. The van der Waals surface area contributed by atoms with Crippen molar-refractivity contribution in [1.82, 2.24) is 0 Å². The normalized spacial score (nSPS) is 22.4. The molecule has 16 nitrogen and oxygen atoms in total. The minimum Gasteiger partial charge on any atom is -0.462 e. The molecule has 7 N–H and O–H groups in total. The number of esters is 2. The Morgan fingerprint density at radius 2 is 1.42 bits per heavy atom. The number of phosphoric acid groups is 2. The first kappa shape index (κ1) is 51.5. The Balaban J connectivity index is 2.72. The van der Waals surface area contributed by atoms with Crippen LogP contribution in [0, 0.1) is 17.8 Å². The Hall–Kier alpha value is -1.52. The maximum Gasteiger partial charge on any atom is 0.472 e. The fraction of sp³-hybridized carbons (Fsp3) is 0.838. The molecule has 0 radical (unpaired) electrons. The van der Waals surface area contributed by atoms with Gasteiger partial charge < -0.3 is 44.6 Å². The summed E-state index contributed by atoms with van der Waals surface area (Å²) in [6, 6.07) is 0. The Morgan fingerprint density at radius 3 is 2.09 bits per heavy atom. The lowest BCUT2D eigenvalue weighted by Gasteiger charge is -2.20. The number of unbranched alkanes of at least 4 members (excludes halogenated alkanes) is 7. The van der Waals surface area contributed by atoms with Crippen molar-refractivity contribution in [2.24, 2.45) is 17.8 Å². The van der Waals surface area contributed by atoms with Crippen LogP contribution >= 0.6 is 15.6 Å². The summed E-state index contributed by atoms with van der Waals surface area (Å²) in [5.74, 6) is -1.35. The van der Waals surface area contributed by atoms with Crippen molar-refractivity contribution in [2.75, 3.05) is 26.4 Å². The van der Waals surface area contributed by atoms with Crippen LogP contribution < -0.4 is 0 Å². The average molecular weight is 831 g/mol. The maximum absolute atomic E-state index is 12.8. The lowest BCUT2D eigenvalue weighted by Crippen LogP contribution is -2.29. The molecule has 9 atom stereocenters. The number of hydrogen-bond acceptors (Lipinski definition) is 13. The van der Waals surface area contributed by atoms with E-state index in [1.165, 1.54) is 25.3 Å². The van der Waals surface area contributed by atoms with E-state index in [-0.39, 0.29) is 31.1 Å². The van der Waals surface area contributed by atoms with Gasteiger partial charge in [-0.25, -0.2) is 9.13 Å². The minimum absolute atomic E-state index is 0.128. The molecule has 0 aromatic carbocycles. The number of hydrogen-bond donors (Lipinski definition) is 7. The van der Waals surface area contributed by atoms with Crippen molar-refractivity contribution in [1.29, 1.82) is 0 Å². The third-order valence-corrected chi connectivity index (χ3v) is 10.9. The van der Waals surface area contributed by atoms with E-state index in [2.05, 4.69) is 29.8 Å². The Bertz CT molecular complexity index is 1210. The van der Waals surface area contributed by atoms with E-state index in [4.69, 9.17) is 23.8 Å². The molecule has 0 aromatic rings. The number of ether oxygens (including phenoxy) is 2. The number of rotatable bonds is 32. The van der Waals surface area contributed by atoms with Crippen LogP contribution in [0.4, 0.5) is 0 Å². The van der Waals surface area contributed by atoms with Gasteiger partial charge in [0.1, 0.15) is 12.7 Å². The molecule has 322 valence electrons. The first-order valence-electron chi connectivity index (χ1n) is 19.7. The molecule has 55 heavy (non-hydrogen) atoms. The summed E-state index contributed by atoms with van der Waals surface area (Å²) in [5, 5.41) is 41.0. The molecule has 1 aliphatic carbocycles. The molecular weight excluding hydrogens is 762 g/mol. The summed E-state index contributed by atoms with van der Waals surface area (Å²) >= 11 is 0. The molecule has 2 unspecified atom stereocenters. The lowest BCUT2D eigenvalue weighted by molar-refractivity contribution is -0.160. The highest BCUT2D eigenvalue weighted by atomic mass is 31.2. The van der Waals surface area contributed by atoms with Gasteiger partial charge in [-0.1, -0.05) is 109 Å². The van der Waals surface area contributed by atoms with Gasteiger partial charge in [-0.2, -0.15) is 0 Å². The molecule has 0 spiro atoms. The zero-order chi connectivity index (χ0) is 41.3. The van der Waals surface area contributed by atoms with E-state index in [0.717, 1.165) is 50.9 Å². The van der Waals surface area contributed by atoms with E-state index in [9.17, 15) is 44.0 Å². The molecule has 1 saturated carbocycles. The number of allylic oxidation sites excluding steroid dienone is 1. The number of aliphatic hydroxyl groups excluding tert-OH is 4. The Kier molecular flexibility index (Phi) is 27.0. The zero-order valence-electron chi connectivity index (χ0n) is 32.8. The number of carbonyl (C=O) groups excluding carboxylic acids is 2. The van der Waals surface area contributed by atoms with Gasteiger partial charge in [0.15, 0.2) is 6.10 Å². The van der Waals surface area contributed by atoms with Crippen LogP contribution in [0.15, 0.2) is 24.3 Å². The number of aliphatic hydroxyl groups is 4. The van der Waals surface area contributed by atoms with Crippen molar-refractivity contribution >= 4 is 27.6 Å². The lowest BCUT2D eigenvalue weighted by atomic mass is 9.89. The van der Waals surface area contributed by atoms with Crippen LogP contribution in [-0.2, 0) is 41.8 Å². The van der Waals surface area contributed by atoms with Gasteiger partial charge in [-0.05, 0) is 31.1 Å². The molecule has 1 fully saturated rings. The van der Waals surface area contributed by atoms with Crippen LogP contribution in [0.5, 0.6) is 0 Å². The largest absolute Gasteiger partial charge is 0.472 e. The highest BCUT2D eigenvalue weighted by Gasteiger charge is 2.39. The highest BCUT2D eigenvalue weighted by Crippen LogP contribution is 2.44. The van der Waals surface area contributed by atoms with Crippen molar-refractivity contribution in [2.45, 2.75) is 154 Å². The van der Waals surface area contributed by atoms with Gasteiger partial charge in [-0.3, -0.25) is 23.2 Å². The predicted octanol–water partition coefficient (Wildman–Crippen LogP) is 5.40. The Labute approximate surface area is 326 Å². The van der Waals surface area contributed by atoms with E-state index in [1.807, 2.05) is 0 Å². The van der Waals surface area contributed by atoms with E-state index >= 15 is 0 Å². The fourth-order valence-electron chi connectivity index (χ4n) is 6.00. The van der Waals surface area contributed by atoms with Crippen LogP contribution in [0.25, 0.3) is 0 Å². The van der Waals surface area contributed by atoms with E-state index in [1.54, 1.807) is 18.2 Å². The van der Waals surface area contributed by atoms with Gasteiger partial charge >= 0.3 is 27.6 Å². The topological polar surface area (TPSA) is 256 Å². The maximum atomic E-state index is 12.8. The van der Waals surface area contributed by atoms with Crippen LogP contribution in [0.3, 0.4) is 0 Å². The Morgan fingerprint density at radius 1 is 0.782 bits per heavy atom. The molecule has 0 heterocycles. The third-order valence-electron chi connectivity index (χ3n) is 9.48. The van der Waals surface area contributed by atoms with Crippen molar-refractivity contribution in [3.05, 3.63) is 24.3 Å². The van der Waals surface area contributed by atoms with Gasteiger partial charge in [0.05, 0.1) is 44.6 Å². The zero-order valence-corrected chi connectivity index (χ0v) is 34.6. The van der Waals surface area contributed by atoms with Crippen LogP contribution in [0.1, 0.15) is 124 Å². The van der Waals surface area contributed by atoms with Crippen molar-refractivity contribution < 1.29 is 76.9 Å². The standard InChI is InChI=1S/C37H68O16P2/c1-4-6-11-17-29(38)21-22-33-32(34(40)23-35(33)41)18-14-15-20-37(43)53-31(27-52-55(47,48)51-25-30(39)24-50-54(44,45)46)26-49-36(42)19-13-10-8-7-9-12-16-28(3)5-2/h14-15,21-22,28-35,38-41H,4-13,16-20,23-27H2,1-3H3,(H,47,48)(H2,44,45,46)/b15-14-,22-21+/t28?,29-,30+,31-,32+,33-,34+,35-/m1/s1. The molecule has 0 amide bonds. The van der Waals surface area contributed by atoms with Gasteiger partial charge in [-0.15, -0.1) is 0 Å². The summed E-state index contributed by atoms with van der Waals surface area (Å²) in [6.45, 7) is 3.48. The molecule has 0 aliphatic heterocycles. The predicted molar refractivity (Wildman–Crippen MR) is 204 cm³/mol. The molecule has 0 bridgehead atoms. The second-order valence-corrected chi connectivity index (χ2v) is 17.1. The minimum atomic E-state index is -4.90. The second-order valence-electron chi connectivity index (χ2n) is 14.4. The number of phosphoric ester groups is 2. The number of carbonyl (C=O) groups is 2. The third kappa shape index (κ3) is 26.2. The first-order chi connectivity index (χ1) is 26.0. The first-order valence-corrected chi connectivity index (χ1v) is 22.7. The summed E-state index contributed by atoms with van der Waals surface area (Å²) in [4.78, 5) is 52.7. The molecule has 1 rings (SSSR count). The molecule has 0 saturated heterocycles. The van der Waals surface area contributed by atoms with E-state index in [0.29, 0.717) is 19.3 Å². The van der Waals surface area contributed by atoms with E-state index < -0.39 is 84.5 Å². The second kappa shape index (κ2) is 28.8. The van der Waals surface area contributed by atoms with Gasteiger partial charge in [0.2, 0.25) is 0 Å². The fourth-order valence-corrected chi connectivity index (χ4v) is 7.16. The monoisotopic (exact) mass is 830 g/mol. The summed E-state index contributed by atoms with van der Waals surface area (Å²) in [6.07, 6.45) is 13.5. The molecule has 1 aliphatic rings. The van der Waals surface area contributed by atoms with Gasteiger partial charge in [0.25, 0.3) is 0 Å². The summed E-state index contributed by atoms with van der Waals surface area (Å²) in [5.41, 5.74) is 0. The quantitative estimate of drug-likeness (QED) is 0.0194. The average Bonchev–Trinajstić information content (AvgIpc) is 3.39. The summed E-state index contributed by atoms with van der Waals surface area (Å²) < 4.78 is 47.5.